The van der Waals surface area contributed by atoms with Crippen LogP contribution >= 0.6 is 23.6 Å². The van der Waals surface area contributed by atoms with Crippen molar-refractivity contribution >= 4 is 45.5 Å². The summed E-state index contributed by atoms with van der Waals surface area (Å²) in [4.78, 5) is 24.6. The molecule has 0 aliphatic rings. The summed E-state index contributed by atoms with van der Waals surface area (Å²) in [5, 5.41) is 6.42. The van der Waals surface area contributed by atoms with Crippen molar-refractivity contribution in [3.8, 4) is 0 Å². The SMILES string of the molecule is CCCCCCCC(=O)NC(=S)Nc1sc(C)c(CC)c1C(N)=O. The molecule has 0 spiro atoms. The summed E-state index contributed by atoms with van der Waals surface area (Å²) >= 11 is 6.60. The number of aryl methyl sites for hydroxylation is 1. The first-order chi connectivity index (χ1) is 11.4. The Kier molecular flexibility index (Phi) is 8.92. The number of hydrogen-bond donors (Lipinski definition) is 3. The molecule has 2 amide bonds. The molecule has 0 aromatic carbocycles. The summed E-state index contributed by atoms with van der Waals surface area (Å²) in [5.74, 6) is -0.586. The summed E-state index contributed by atoms with van der Waals surface area (Å²) in [6.07, 6.45) is 6.63. The monoisotopic (exact) mass is 369 g/mol. The van der Waals surface area contributed by atoms with Gasteiger partial charge in [-0.25, -0.2) is 0 Å². The van der Waals surface area contributed by atoms with Crippen LogP contribution in [0.2, 0.25) is 0 Å². The van der Waals surface area contributed by atoms with E-state index in [-0.39, 0.29) is 11.0 Å². The maximum Gasteiger partial charge on any atom is 0.251 e. The second-order valence-electron chi connectivity index (χ2n) is 5.73. The molecule has 1 heterocycles. The van der Waals surface area contributed by atoms with Gasteiger partial charge in [0.15, 0.2) is 5.11 Å². The van der Waals surface area contributed by atoms with Crippen LogP contribution in [0, 0.1) is 6.92 Å². The normalized spacial score (nSPS) is 10.5. The molecular weight excluding hydrogens is 342 g/mol. The first-order valence-corrected chi connectivity index (χ1v) is 9.66. The van der Waals surface area contributed by atoms with Crippen LogP contribution in [0.1, 0.15) is 73.2 Å². The minimum Gasteiger partial charge on any atom is -0.365 e. The molecule has 0 bridgehead atoms. The Hall–Kier alpha value is -1.47. The highest BCUT2D eigenvalue weighted by atomic mass is 32.1. The third-order valence-corrected chi connectivity index (χ3v) is 5.06. The number of nitrogens with one attached hydrogen (secondary N) is 2. The zero-order valence-corrected chi connectivity index (χ0v) is 16.3. The Morgan fingerprint density at radius 3 is 2.42 bits per heavy atom. The van der Waals surface area contributed by atoms with E-state index < -0.39 is 5.91 Å². The number of unbranched alkanes of at least 4 members (excludes halogenated alkanes) is 4. The molecule has 1 rings (SSSR count). The molecule has 0 aliphatic carbocycles. The molecule has 0 saturated heterocycles. The molecule has 4 N–H and O–H groups in total. The minimum absolute atomic E-state index is 0.103. The van der Waals surface area contributed by atoms with E-state index in [1.807, 2.05) is 13.8 Å². The Morgan fingerprint density at radius 2 is 1.83 bits per heavy atom. The van der Waals surface area contributed by atoms with Crippen LogP contribution in [-0.4, -0.2) is 16.9 Å². The van der Waals surface area contributed by atoms with Gasteiger partial charge in [0.2, 0.25) is 5.91 Å². The number of amides is 2. The molecule has 0 fully saturated rings. The van der Waals surface area contributed by atoms with Gasteiger partial charge in [-0.15, -0.1) is 11.3 Å². The Bertz CT molecular complexity index is 597. The van der Waals surface area contributed by atoms with E-state index in [1.54, 1.807) is 0 Å². The van der Waals surface area contributed by atoms with E-state index in [0.29, 0.717) is 17.0 Å². The molecule has 0 radical (unpaired) electrons. The second kappa shape index (κ2) is 10.4. The highest BCUT2D eigenvalue weighted by Gasteiger charge is 2.20. The van der Waals surface area contributed by atoms with Crippen LogP contribution in [0.25, 0.3) is 0 Å². The second-order valence-corrected chi connectivity index (χ2v) is 7.36. The van der Waals surface area contributed by atoms with Gasteiger partial charge in [0, 0.05) is 11.3 Å². The summed E-state index contributed by atoms with van der Waals surface area (Å²) in [6.45, 7) is 6.08. The third-order valence-electron chi connectivity index (χ3n) is 3.80. The molecule has 7 heteroatoms. The van der Waals surface area contributed by atoms with E-state index in [9.17, 15) is 9.59 Å². The molecule has 1 aromatic rings. The minimum atomic E-state index is -0.483. The number of carbonyl (C=O) groups excluding carboxylic acids is 2. The van der Waals surface area contributed by atoms with Crippen LogP contribution in [0.15, 0.2) is 0 Å². The molecule has 1 aromatic heterocycles. The zero-order chi connectivity index (χ0) is 18.1. The van der Waals surface area contributed by atoms with Crippen LogP contribution in [-0.2, 0) is 11.2 Å². The van der Waals surface area contributed by atoms with Crippen molar-refractivity contribution in [1.82, 2.24) is 5.32 Å². The van der Waals surface area contributed by atoms with E-state index >= 15 is 0 Å². The molecule has 5 nitrogen and oxygen atoms in total. The van der Waals surface area contributed by atoms with Crippen molar-refractivity contribution in [2.45, 2.75) is 65.7 Å². The lowest BCUT2D eigenvalue weighted by atomic mass is 10.1. The fraction of sp³-hybridized carbons (Fsp3) is 0.588. The quantitative estimate of drug-likeness (QED) is 0.455. The maximum absolute atomic E-state index is 11.9. The van der Waals surface area contributed by atoms with Crippen LogP contribution < -0.4 is 16.4 Å². The Balaban J connectivity index is 2.56. The molecule has 0 unspecified atom stereocenters. The van der Waals surface area contributed by atoms with E-state index in [1.165, 1.54) is 24.2 Å². The van der Waals surface area contributed by atoms with Crippen molar-refractivity contribution in [3.05, 3.63) is 16.0 Å². The van der Waals surface area contributed by atoms with Crippen molar-refractivity contribution < 1.29 is 9.59 Å². The van der Waals surface area contributed by atoms with Crippen molar-refractivity contribution in [2.24, 2.45) is 5.73 Å². The Labute approximate surface area is 153 Å². The molecule has 134 valence electrons. The van der Waals surface area contributed by atoms with Crippen LogP contribution in [0.3, 0.4) is 0 Å². The molecule has 0 atom stereocenters. The van der Waals surface area contributed by atoms with Gasteiger partial charge in [-0.3, -0.25) is 9.59 Å². The van der Waals surface area contributed by atoms with Gasteiger partial charge in [-0.1, -0.05) is 39.5 Å². The third kappa shape index (κ3) is 6.20. The van der Waals surface area contributed by atoms with Crippen LogP contribution in [0.5, 0.6) is 0 Å². The summed E-state index contributed by atoms with van der Waals surface area (Å²) in [6, 6.07) is 0. The zero-order valence-electron chi connectivity index (χ0n) is 14.7. The van der Waals surface area contributed by atoms with Crippen molar-refractivity contribution in [3.63, 3.8) is 0 Å². The number of hydrogen-bond acceptors (Lipinski definition) is 4. The average molecular weight is 370 g/mol. The van der Waals surface area contributed by atoms with Gasteiger partial charge in [0.1, 0.15) is 5.00 Å². The predicted molar refractivity (Wildman–Crippen MR) is 105 cm³/mol. The van der Waals surface area contributed by atoms with Gasteiger partial charge in [0.05, 0.1) is 5.56 Å². The summed E-state index contributed by atoms with van der Waals surface area (Å²) in [7, 11) is 0. The lowest BCUT2D eigenvalue weighted by molar-refractivity contribution is -0.119. The summed E-state index contributed by atoms with van der Waals surface area (Å²) < 4.78 is 0. The topological polar surface area (TPSA) is 84.2 Å². The lowest BCUT2D eigenvalue weighted by Gasteiger charge is -2.09. The van der Waals surface area contributed by atoms with Gasteiger partial charge < -0.3 is 16.4 Å². The number of thiophene rings is 1. The van der Waals surface area contributed by atoms with E-state index in [0.717, 1.165) is 36.1 Å². The molecule has 24 heavy (non-hydrogen) atoms. The number of rotatable bonds is 9. The van der Waals surface area contributed by atoms with Crippen molar-refractivity contribution in [2.75, 3.05) is 5.32 Å². The maximum atomic E-state index is 11.9. The number of primary amides is 1. The smallest absolute Gasteiger partial charge is 0.251 e. The first kappa shape index (κ1) is 20.6. The van der Waals surface area contributed by atoms with Gasteiger partial charge in [0.25, 0.3) is 5.91 Å². The van der Waals surface area contributed by atoms with Gasteiger partial charge >= 0.3 is 0 Å². The Morgan fingerprint density at radius 1 is 1.17 bits per heavy atom. The highest BCUT2D eigenvalue weighted by molar-refractivity contribution is 7.80. The highest BCUT2D eigenvalue weighted by Crippen LogP contribution is 2.33. The lowest BCUT2D eigenvalue weighted by Crippen LogP contribution is -2.34. The number of nitrogens with two attached hydrogens (primary N) is 1. The number of carbonyl (C=O) groups is 2. The standard InChI is InChI=1S/C17H27N3O2S2/c1-4-6-7-8-9-10-13(21)19-17(23)20-16-14(15(18)22)12(5-2)11(3)24-16/h4-10H2,1-3H3,(H2,18,22)(H2,19,20,21,23). The van der Waals surface area contributed by atoms with Crippen molar-refractivity contribution in [1.29, 1.82) is 0 Å². The van der Waals surface area contributed by atoms with Crippen LogP contribution in [0.4, 0.5) is 5.00 Å². The summed E-state index contributed by atoms with van der Waals surface area (Å²) in [5.41, 5.74) is 6.88. The van der Waals surface area contributed by atoms with E-state index in [4.69, 9.17) is 18.0 Å². The largest absolute Gasteiger partial charge is 0.365 e. The fourth-order valence-corrected chi connectivity index (χ4v) is 4.00. The van der Waals surface area contributed by atoms with E-state index in [2.05, 4.69) is 17.6 Å². The molecule has 0 aliphatic heterocycles. The van der Waals surface area contributed by atoms with Gasteiger partial charge in [-0.2, -0.15) is 0 Å². The first-order valence-electron chi connectivity index (χ1n) is 8.43. The number of thiocarbonyl (C=S) groups is 1. The molecule has 0 saturated carbocycles. The fourth-order valence-electron chi connectivity index (χ4n) is 2.57. The number of anilines is 1. The predicted octanol–water partition coefficient (Wildman–Crippen LogP) is 3.89. The molecular formula is C17H27N3O2S2. The average Bonchev–Trinajstić information content (AvgIpc) is 2.82. The van der Waals surface area contributed by atoms with Gasteiger partial charge in [-0.05, 0) is 37.5 Å².